The second-order valence-corrected chi connectivity index (χ2v) is 19.7. The third-order valence-corrected chi connectivity index (χ3v) is 12.1. The van der Waals surface area contributed by atoms with E-state index in [-0.39, 0.29) is 32.0 Å². The first-order chi connectivity index (χ1) is 28.5. The largest absolute Gasteiger partial charge is 0.756 e. The minimum absolute atomic E-state index is 0.0279. The van der Waals surface area contributed by atoms with Crippen molar-refractivity contribution in [2.24, 2.45) is 0 Å². The molecule has 0 rings (SSSR count). The van der Waals surface area contributed by atoms with E-state index >= 15 is 0 Å². The lowest BCUT2D eigenvalue weighted by molar-refractivity contribution is -0.870. The Labute approximate surface area is 365 Å². The molecule has 0 aliphatic rings. The highest BCUT2D eigenvalue weighted by Crippen LogP contribution is 2.38. The summed E-state index contributed by atoms with van der Waals surface area (Å²) in [4.78, 5) is 37.6. The monoisotopic (exact) mass is 858 g/mol. The molecular weight excluding hydrogens is 762 g/mol. The van der Waals surface area contributed by atoms with Crippen LogP contribution in [0.4, 0.5) is 0 Å². The Balaban J connectivity index is 4.19. The maximum atomic E-state index is 12.7. The second-order valence-electron chi connectivity index (χ2n) is 18.3. The lowest BCUT2D eigenvalue weighted by Crippen LogP contribution is -2.37. The minimum Gasteiger partial charge on any atom is -0.756 e. The summed E-state index contributed by atoms with van der Waals surface area (Å²) in [5.41, 5.74) is 0. The molecule has 0 aliphatic carbocycles. The minimum atomic E-state index is -4.62. The zero-order valence-electron chi connectivity index (χ0n) is 39.3. The fourth-order valence-electron chi connectivity index (χ4n) is 7.28. The Morgan fingerprint density at radius 2 is 0.898 bits per heavy atom. The van der Waals surface area contributed by atoms with Crippen LogP contribution in [0.15, 0.2) is 12.7 Å². The second kappa shape index (κ2) is 42.1. The first kappa shape index (κ1) is 57.8. The van der Waals surface area contributed by atoms with Crippen LogP contribution in [0.25, 0.3) is 0 Å². The summed E-state index contributed by atoms with van der Waals surface area (Å²) in [6.45, 7) is 5.80. The van der Waals surface area contributed by atoms with Crippen molar-refractivity contribution in [3.63, 3.8) is 0 Å². The summed E-state index contributed by atoms with van der Waals surface area (Å²) < 4.78 is 34.0. The van der Waals surface area contributed by atoms with Gasteiger partial charge < -0.3 is 27.9 Å². The predicted octanol–water partition coefficient (Wildman–Crippen LogP) is 13.9. The number of carbonyl (C=O) groups excluding carboxylic acids is 2. The van der Waals surface area contributed by atoms with Gasteiger partial charge in [0.2, 0.25) is 0 Å². The molecule has 0 fully saturated rings. The molecule has 2 atom stereocenters. The number of rotatable bonds is 47. The molecule has 0 aromatic rings. The van der Waals surface area contributed by atoms with Crippen LogP contribution in [0, 0.1) is 0 Å². The lowest BCUT2D eigenvalue weighted by Gasteiger charge is -2.28. The van der Waals surface area contributed by atoms with Crippen LogP contribution in [0.3, 0.4) is 0 Å². The van der Waals surface area contributed by atoms with E-state index < -0.39 is 26.5 Å². The first-order valence-electron chi connectivity index (χ1n) is 24.9. The molecule has 1 unspecified atom stereocenters. The van der Waals surface area contributed by atoms with Gasteiger partial charge in [0, 0.05) is 12.8 Å². The molecule has 0 bridgehead atoms. The third-order valence-electron chi connectivity index (χ3n) is 11.2. The topological polar surface area (TPSA) is 111 Å². The quantitative estimate of drug-likeness (QED) is 0.0196. The molecule has 9 nitrogen and oxygen atoms in total. The van der Waals surface area contributed by atoms with Gasteiger partial charge in [-0.15, -0.1) is 6.58 Å². The van der Waals surface area contributed by atoms with Gasteiger partial charge in [-0.1, -0.05) is 206 Å². The third kappa shape index (κ3) is 46.1. The molecule has 0 N–H and O–H groups in total. The summed E-state index contributed by atoms with van der Waals surface area (Å²) in [6.07, 6.45) is 44.2. The van der Waals surface area contributed by atoms with Gasteiger partial charge in [-0.3, -0.25) is 14.2 Å². The van der Waals surface area contributed by atoms with Gasteiger partial charge in [-0.25, -0.2) is 0 Å². The summed E-state index contributed by atoms with van der Waals surface area (Å²) in [6, 6.07) is 0. The number of esters is 2. The van der Waals surface area contributed by atoms with Crippen molar-refractivity contribution in [3.05, 3.63) is 12.7 Å². The van der Waals surface area contributed by atoms with Gasteiger partial charge >= 0.3 is 11.9 Å². The number of unbranched alkanes of at least 4 members (excludes halogenated alkanes) is 32. The normalized spacial score (nSPS) is 13.3. The van der Waals surface area contributed by atoms with Crippen LogP contribution in [-0.4, -0.2) is 70.0 Å². The SMILES string of the molecule is C=CCCCCCCCCCCCCCCCC(=O)O[C@H](COC(=O)CCCCCCCCCCCCCCCCCCCCCC)COP(=O)([O-])OCC[N+](C)(C)C. The van der Waals surface area contributed by atoms with Crippen molar-refractivity contribution < 1.29 is 42.1 Å². The maximum Gasteiger partial charge on any atom is 0.306 e. The Bertz CT molecular complexity index is 1000. The Morgan fingerprint density at radius 3 is 1.27 bits per heavy atom. The molecular formula is C49H96NO8P. The predicted molar refractivity (Wildman–Crippen MR) is 245 cm³/mol. The molecule has 59 heavy (non-hydrogen) atoms. The summed E-state index contributed by atoms with van der Waals surface area (Å²) in [7, 11) is 1.18. The summed E-state index contributed by atoms with van der Waals surface area (Å²) in [5, 5.41) is 0. The fraction of sp³-hybridized carbons (Fsp3) is 0.918. The Kier molecular flexibility index (Phi) is 41.2. The van der Waals surface area contributed by atoms with Gasteiger partial charge in [0.05, 0.1) is 27.7 Å². The van der Waals surface area contributed by atoms with E-state index in [1.807, 2.05) is 27.2 Å². The van der Waals surface area contributed by atoms with Crippen molar-refractivity contribution in [1.29, 1.82) is 0 Å². The van der Waals surface area contributed by atoms with E-state index in [4.69, 9.17) is 18.5 Å². The van der Waals surface area contributed by atoms with E-state index in [9.17, 15) is 19.0 Å². The van der Waals surface area contributed by atoms with Crippen molar-refractivity contribution in [1.82, 2.24) is 0 Å². The van der Waals surface area contributed by atoms with E-state index in [1.165, 1.54) is 167 Å². The number of hydrogen-bond donors (Lipinski definition) is 0. The van der Waals surface area contributed by atoms with Crippen LogP contribution in [-0.2, 0) is 32.7 Å². The zero-order chi connectivity index (χ0) is 43.6. The smallest absolute Gasteiger partial charge is 0.306 e. The molecule has 0 amide bonds. The van der Waals surface area contributed by atoms with E-state index in [1.54, 1.807) is 0 Å². The van der Waals surface area contributed by atoms with Crippen LogP contribution < -0.4 is 4.89 Å². The van der Waals surface area contributed by atoms with Crippen molar-refractivity contribution in [2.45, 2.75) is 244 Å². The van der Waals surface area contributed by atoms with Crippen molar-refractivity contribution in [2.75, 3.05) is 47.5 Å². The highest BCUT2D eigenvalue weighted by Gasteiger charge is 2.21. The van der Waals surface area contributed by atoms with Crippen molar-refractivity contribution in [3.8, 4) is 0 Å². The van der Waals surface area contributed by atoms with Gasteiger partial charge in [-0.05, 0) is 25.7 Å². The van der Waals surface area contributed by atoms with Crippen molar-refractivity contribution >= 4 is 19.8 Å². The molecule has 350 valence electrons. The fourth-order valence-corrected chi connectivity index (χ4v) is 8.01. The molecule has 0 aliphatic heterocycles. The molecule has 0 radical (unpaired) electrons. The number of quaternary nitrogens is 1. The summed E-state index contributed by atoms with van der Waals surface area (Å²) >= 11 is 0. The average molecular weight is 858 g/mol. The number of ether oxygens (including phenoxy) is 2. The maximum absolute atomic E-state index is 12.7. The number of phosphoric acid groups is 1. The van der Waals surface area contributed by atoms with Gasteiger partial charge in [0.1, 0.15) is 19.8 Å². The van der Waals surface area contributed by atoms with Gasteiger partial charge in [0.25, 0.3) is 7.82 Å². The van der Waals surface area contributed by atoms with Crippen LogP contribution >= 0.6 is 7.82 Å². The molecule has 10 heteroatoms. The molecule has 0 saturated heterocycles. The molecule has 0 saturated carbocycles. The number of allylic oxidation sites excluding steroid dienone is 1. The van der Waals surface area contributed by atoms with Gasteiger partial charge in [-0.2, -0.15) is 0 Å². The van der Waals surface area contributed by atoms with Gasteiger partial charge in [0.15, 0.2) is 6.10 Å². The Hall–Kier alpha value is -1.25. The number of hydrogen-bond acceptors (Lipinski definition) is 8. The van der Waals surface area contributed by atoms with E-state index in [0.29, 0.717) is 17.4 Å². The highest BCUT2D eigenvalue weighted by atomic mass is 31.2. The number of phosphoric ester groups is 1. The molecule has 0 aromatic heterocycles. The molecule has 0 aromatic carbocycles. The van der Waals surface area contributed by atoms with Crippen LogP contribution in [0.2, 0.25) is 0 Å². The number of carbonyl (C=O) groups is 2. The molecule has 0 spiro atoms. The van der Waals surface area contributed by atoms with Crippen LogP contribution in [0.5, 0.6) is 0 Å². The van der Waals surface area contributed by atoms with Crippen LogP contribution in [0.1, 0.15) is 238 Å². The highest BCUT2D eigenvalue weighted by molar-refractivity contribution is 7.45. The zero-order valence-corrected chi connectivity index (χ0v) is 40.2. The van der Waals surface area contributed by atoms with E-state index in [0.717, 1.165) is 44.9 Å². The summed E-state index contributed by atoms with van der Waals surface area (Å²) in [5.74, 6) is -0.822. The first-order valence-corrected chi connectivity index (χ1v) is 26.3. The van der Waals surface area contributed by atoms with E-state index in [2.05, 4.69) is 13.5 Å². The average Bonchev–Trinajstić information content (AvgIpc) is 3.19. The molecule has 0 heterocycles. The Morgan fingerprint density at radius 1 is 0.542 bits per heavy atom. The standard InChI is InChI=1S/C49H96NO8P/c1-6-8-10-12-14-16-18-20-22-23-24-25-26-28-29-31-33-35-37-39-41-48(51)55-45-47(46-57-59(53,54)56-44-43-50(3,4)5)58-49(52)42-40-38-36-34-32-30-27-21-19-17-15-13-11-9-7-2/h7,47H,2,6,8-46H2,1,3-5H3/t47-/m1/s1. The number of nitrogens with zero attached hydrogens (tertiary/aromatic N) is 1. The number of likely N-dealkylation sites (N-methyl/N-ethyl adjacent to an activating group) is 1. The lowest BCUT2D eigenvalue weighted by atomic mass is 10.0.